The average Bonchev–Trinajstić information content (AvgIpc) is 2.67. The van der Waals surface area contributed by atoms with Crippen molar-refractivity contribution in [1.82, 2.24) is 10.2 Å². The first-order valence-corrected chi connectivity index (χ1v) is 10.1. The van der Waals surface area contributed by atoms with Crippen molar-refractivity contribution in [2.24, 2.45) is 11.8 Å². The third-order valence-corrected chi connectivity index (χ3v) is 5.49. The highest BCUT2D eigenvalue weighted by atomic mass is 16.5. The van der Waals surface area contributed by atoms with Gasteiger partial charge in [-0.3, -0.25) is 14.5 Å². The van der Waals surface area contributed by atoms with Crippen LogP contribution in [0.2, 0.25) is 0 Å². The van der Waals surface area contributed by atoms with Gasteiger partial charge in [0.2, 0.25) is 0 Å². The van der Waals surface area contributed by atoms with E-state index in [-0.39, 0.29) is 18.3 Å². The molecule has 1 aliphatic heterocycles. The lowest BCUT2D eigenvalue weighted by molar-refractivity contribution is -0.123. The third-order valence-electron chi connectivity index (χ3n) is 5.49. The topological polar surface area (TPSA) is 67.9 Å². The first-order valence-electron chi connectivity index (χ1n) is 10.1. The molecular formula is C22H34N2O4. The molecule has 0 aromatic heterocycles. The Morgan fingerprint density at radius 3 is 2.46 bits per heavy atom. The van der Waals surface area contributed by atoms with Crippen LogP contribution in [0.15, 0.2) is 18.2 Å². The standard InChI is InChI=1S/C22H34N2O4/c1-15(2)19(24-10-8-16(3)9-11-24)13-23-22(26)14-28-20-7-6-18(17(4)25)12-21(20)27-5/h6-7,12,15-16,19H,8-11,13-14H2,1-5H3,(H,23,26). The fraction of sp³-hybridized carbons (Fsp3) is 0.636. The predicted octanol–water partition coefficient (Wildman–Crippen LogP) is 3.15. The minimum Gasteiger partial charge on any atom is -0.493 e. The number of nitrogens with zero attached hydrogens (tertiary/aromatic N) is 1. The van der Waals surface area contributed by atoms with Crippen LogP contribution in [0.1, 0.15) is 50.9 Å². The lowest BCUT2D eigenvalue weighted by Gasteiger charge is -2.38. The molecule has 1 aromatic carbocycles. The largest absolute Gasteiger partial charge is 0.493 e. The number of piperidine rings is 1. The predicted molar refractivity (Wildman–Crippen MR) is 110 cm³/mol. The van der Waals surface area contributed by atoms with E-state index < -0.39 is 0 Å². The molecule has 1 aromatic rings. The van der Waals surface area contributed by atoms with Crippen molar-refractivity contribution in [3.8, 4) is 11.5 Å². The van der Waals surface area contributed by atoms with E-state index in [1.807, 2.05) is 0 Å². The Kier molecular flexibility index (Phi) is 8.30. The zero-order valence-corrected chi connectivity index (χ0v) is 17.8. The molecule has 0 bridgehead atoms. The second kappa shape index (κ2) is 10.5. The van der Waals surface area contributed by atoms with Crippen molar-refractivity contribution in [2.45, 2.75) is 46.6 Å². The number of carbonyl (C=O) groups excluding carboxylic acids is 2. The van der Waals surface area contributed by atoms with Crippen LogP contribution in [-0.2, 0) is 4.79 Å². The van der Waals surface area contributed by atoms with Crippen molar-refractivity contribution < 1.29 is 19.1 Å². The smallest absolute Gasteiger partial charge is 0.257 e. The molecule has 1 heterocycles. The molecular weight excluding hydrogens is 356 g/mol. The molecule has 1 aliphatic rings. The van der Waals surface area contributed by atoms with E-state index in [9.17, 15) is 9.59 Å². The zero-order chi connectivity index (χ0) is 20.7. The summed E-state index contributed by atoms with van der Waals surface area (Å²) >= 11 is 0. The summed E-state index contributed by atoms with van der Waals surface area (Å²) in [6.45, 7) is 10.9. The molecule has 0 aliphatic carbocycles. The Labute approximate surface area is 168 Å². The van der Waals surface area contributed by atoms with Crippen LogP contribution in [0.25, 0.3) is 0 Å². The maximum absolute atomic E-state index is 12.3. The molecule has 1 fully saturated rings. The number of rotatable bonds is 9. The van der Waals surface area contributed by atoms with Gasteiger partial charge in [0.25, 0.3) is 5.91 Å². The number of carbonyl (C=O) groups is 2. The van der Waals surface area contributed by atoms with Gasteiger partial charge in [-0.1, -0.05) is 20.8 Å². The maximum Gasteiger partial charge on any atom is 0.257 e. The van der Waals surface area contributed by atoms with Gasteiger partial charge in [0, 0.05) is 18.2 Å². The van der Waals surface area contributed by atoms with Crippen LogP contribution in [0, 0.1) is 11.8 Å². The number of hydrogen-bond acceptors (Lipinski definition) is 5. The van der Waals surface area contributed by atoms with Gasteiger partial charge in [-0.25, -0.2) is 0 Å². The van der Waals surface area contributed by atoms with Gasteiger partial charge in [-0.2, -0.15) is 0 Å². The molecule has 1 atom stereocenters. The van der Waals surface area contributed by atoms with Gasteiger partial charge in [0.05, 0.1) is 7.11 Å². The molecule has 1 unspecified atom stereocenters. The van der Waals surface area contributed by atoms with Crippen molar-refractivity contribution in [2.75, 3.05) is 33.4 Å². The number of likely N-dealkylation sites (tertiary alicyclic amines) is 1. The normalized spacial score (nSPS) is 16.6. The monoisotopic (exact) mass is 390 g/mol. The van der Waals surface area contributed by atoms with Crippen LogP contribution in [-0.4, -0.2) is 56.0 Å². The molecule has 1 amide bonds. The van der Waals surface area contributed by atoms with Gasteiger partial charge in [0.15, 0.2) is 23.9 Å². The number of Topliss-reactive ketones (excluding diaryl/α,β-unsaturated/α-hetero) is 1. The third kappa shape index (κ3) is 6.23. The number of ketones is 1. The van der Waals surface area contributed by atoms with E-state index in [0.29, 0.717) is 35.6 Å². The van der Waals surface area contributed by atoms with Crippen LogP contribution in [0.4, 0.5) is 0 Å². The first kappa shape index (κ1) is 22.2. The minimum absolute atomic E-state index is 0.0468. The number of hydrogen-bond donors (Lipinski definition) is 1. The van der Waals surface area contributed by atoms with Gasteiger partial charge in [-0.15, -0.1) is 0 Å². The quantitative estimate of drug-likeness (QED) is 0.656. The van der Waals surface area contributed by atoms with Crippen molar-refractivity contribution >= 4 is 11.7 Å². The Morgan fingerprint density at radius 2 is 1.89 bits per heavy atom. The average molecular weight is 391 g/mol. The molecule has 0 radical (unpaired) electrons. The molecule has 28 heavy (non-hydrogen) atoms. The summed E-state index contributed by atoms with van der Waals surface area (Å²) in [5, 5.41) is 3.01. The van der Waals surface area contributed by atoms with Gasteiger partial charge < -0.3 is 14.8 Å². The molecule has 6 heteroatoms. The maximum atomic E-state index is 12.3. The van der Waals surface area contributed by atoms with Crippen molar-refractivity contribution in [3.63, 3.8) is 0 Å². The highest BCUT2D eigenvalue weighted by Crippen LogP contribution is 2.28. The second-order valence-corrected chi connectivity index (χ2v) is 8.04. The zero-order valence-electron chi connectivity index (χ0n) is 17.8. The fourth-order valence-corrected chi connectivity index (χ4v) is 3.57. The Balaban J connectivity index is 1.87. The van der Waals surface area contributed by atoms with E-state index in [4.69, 9.17) is 9.47 Å². The molecule has 0 saturated carbocycles. The number of methoxy groups -OCH3 is 1. The van der Waals surface area contributed by atoms with E-state index >= 15 is 0 Å². The van der Waals surface area contributed by atoms with E-state index in [1.165, 1.54) is 26.9 Å². The minimum atomic E-state index is -0.159. The van der Waals surface area contributed by atoms with Crippen molar-refractivity contribution in [1.29, 1.82) is 0 Å². The fourth-order valence-electron chi connectivity index (χ4n) is 3.57. The van der Waals surface area contributed by atoms with Gasteiger partial charge in [0.1, 0.15) is 0 Å². The summed E-state index contributed by atoms with van der Waals surface area (Å²) in [5.41, 5.74) is 0.546. The highest BCUT2D eigenvalue weighted by molar-refractivity contribution is 5.94. The molecule has 6 nitrogen and oxygen atoms in total. The number of nitrogens with one attached hydrogen (secondary N) is 1. The van der Waals surface area contributed by atoms with Gasteiger partial charge >= 0.3 is 0 Å². The van der Waals surface area contributed by atoms with Crippen LogP contribution in [0.3, 0.4) is 0 Å². The highest BCUT2D eigenvalue weighted by Gasteiger charge is 2.26. The molecule has 156 valence electrons. The Hall–Kier alpha value is -2.08. The summed E-state index contributed by atoms with van der Waals surface area (Å²) < 4.78 is 10.9. The van der Waals surface area contributed by atoms with Crippen molar-refractivity contribution in [3.05, 3.63) is 23.8 Å². The first-order chi connectivity index (χ1) is 13.3. The lowest BCUT2D eigenvalue weighted by Crippen LogP contribution is -2.50. The summed E-state index contributed by atoms with van der Waals surface area (Å²) in [6, 6.07) is 5.29. The van der Waals surface area contributed by atoms with Crippen LogP contribution in [0.5, 0.6) is 11.5 Å². The lowest BCUT2D eigenvalue weighted by atomic mass is 9.94. The molecule has 1 N–H and O–H groups in total. The van der Waals surface area contributed by atoms with Crippen LogP contribution >= 0.6 is 0 Å². The summed E-state index contributed by atoms with van der Waals surface area (Å²) in [4.78, 5) is 26.3. The molecule has 0 spiro atoms. The Morgan fingerprint density at radius 1 is 1.21 bits per heavy atom. The molecule has 2 rings (SSSR count). The SMILES string of the molecule is COc1cc(C(C)=O)ccc1OCC(=O)NCC(C(C)C)N1CCC(C)CC1. The number of benzene rings is 1. The second-order valence-electron chi connectivity index (χ2n) is 8.04. The number of ether oxygens (including phenoxy) is 2. The Bertz CT molecular complexity index is 667. The van der Waals surface area contributed by atoms with Gasteiger partial charge in [-0.05, 0) is 62.9 Å². The van der Waals surface area contributed by atoms with E-state index in [1.54, 1.807) is 18.2 Å². The molecule has 1 saturated heterocycles. The summed E-state index contributed by atoms with van der Waals surface area (Å²) in [5.74, 6) is 1.95. The van der Waals surface area contributed by atoms with E-state index in [2.05, 4.69) is 31.0 Å². The van der Waals surface area contributed by atoms with E-state index in [0.717, 1.165) is 19.0 Å². The summed E-state index contributed by atoms with van der Waals surface area (Å²) in [6.07, 6.45) is 2.44. The number of amides is 1. The van der Waals surface area contributed by atoms with Crippen LogP contribution < -0.4 is 14.8 Å². The summed E-state index contributed by atoms with van der Waals surface area (Å²) in [7, 11) is 1.51.